The molecule has 1 aromatic carbocycles. The number of carbonyl (C=O) groups excluding carboxylic acids is 1. The molecule has 1 heterocycles. The van der Waals surface area contributed by atoms with E-state index in [-0.39, 0.29) is 18.1 Å². The first-order chi connectivity index (χ1) is 11.9. The maximum absolute atomic E-state index is 12.2. The molecular weight excluding hydrogens is 314 g/mol. The summed E-state index contributed by atoms with van der Waals surface area (Å²) in [5.41, 5.74) is 2.35. The highest BCUT2D eigenvalue weighted by Gasteiger charge is 2.22. The van der Waals surface area contributed by atoms with Crippen LogP contribution in [0.3, 0.4) is 0 Å². The van der Waals surface area contributed by atoms with Gasteiger partial charge in [0.2, 0.25) is 0 Å². The molecule has 0 atom stereocenters. The fourth-order valence-corrected chi connectivity index (χ4v) is 3.15. The number of urea groups is 1. The second kappa shape index (κ2) is 9.09. The fourth-order valence-electron chi connectivity index (χ4n) is 3.15. The third-order valence-corrected chi connectivity index (χ3v) is 4.91. The molecule has 0 unspecified atom stereocenters. The van der Waals surface area contributed by atoms with Crippen LogP contribution < -0.4 is 10.6 Å². The molecule has 140 valence electrons. The summed E-state index contributed by atoms with van der Waals surface area (Å²) in [5, 5.41) is 15.8. The second-order valence-corrected chi connectivity index (χ2v) is 7.93. The average Bonchev–Trinajstić information content (AvgIpc) is 2.59. The minimum Gasteiger partial charge on any atom is -0.396 e. The van der Waals surface area contributed by atoms with Crippen LogP contribution in [-0.2, 0) is 0 Å². The smallest absolute Gasteiger partial charge is 0.317 e. The van der Waals surface area contributed by atoms with Gasteiger partial charge in [0, 0.05) is 38.0 Å². The molecule has 0 saturated carbocycles. The van der Waals surface area contributed by atoms with E-state index in [4.69, 9.17) is 0 Å². The van der Waals surface area contributed by atoms with Crippen LogP contribution >= 0.6 is 0 Å². The Labute approximate surface area is 151 Å². The Morgan fingerprint density at radius 3 is 2.68 bits per heavy atom. The second-order valence-electron chi connectivity index (χ2n) is 7.93. The Morgan fingerprint density at radius 2 is 2.04 bits per heavy atom. The van der Waals surface area contributed by atoms with E-state index in [1.165, 1.54) is 5.56 Å². The quantitative estimate of drug-likeness (QED) is 0.663. The summed E-state index contributed by atoms with van der Waals surface area (Å²) in [5.74, 6) is 0. The Morgan fingerprint density at radius 1 is 1.32 bits per heavy atom. The summed E-state index contributed by atoms with van der Waals surface area (Å²) in [6.45, 7) is 8.61. The van der Waals surface area contributed by atoms with Gasteiger partial charge in [-0.15, -0.1) is 0 Å². The number of aliphatic hydroxyl groups excluding tert-OH is 1. The molecule has 1 saturated heterocycles. The number of amides is 2. The van der Waals surface area contributed by atoms with Crippen LogP contribution in [-0.4, -0.2) is 48.3 Å². The molecule has 2 rings (SSSR count). The van der Waals surface area contributed by atoms with Gasteiger partial charge in [-0.05, 0) is 55.7 Å². The predicted octanol–water partition coefficient (Wildman–Crippen LogP) is 3.38. The lowest BCUT2D eigenvalue weighted by molar-refractivity contribution is 0.147. The predicted molar refractivity (Wildman–Crippen MR) is 103 cm³/mol. The zero-order valence-electron chi connectivity index (χ0n) is 15.8. The van der Waals surface area contributed by atoms with Crippen LogP contribution in [0.25, 0.3) is 0 Å². The standard InChI is InChI=1S/C20H33N3O2/c1-16-6-4-7-18(14-16)22-17-8-12-23(13-9-17)19(25)21-11-5-10-20(2,3)15-24/h4,6-7,14,17,22,24H,5,8-13,15H2,1-3H3,(H,21,25). The van der Waals surface area contributed by atoms with Gasteiger partial charge in [0.15, 0.2) is 0 Å². The number of benzene rings is 1. The zero-order chi connectivity index (χ0) is 18.3. The van der Waals surface area contributed by atoms with Crippen molar-refractivity contribution in [3.8, 4) is 0 Å². The molecular formula is C20H33N3O2. The number of piperidine rings is 1. The molecule has 1 aliphatic rings. The van der Waals surface area contributed by atoms with Gasteiger partial charge in [0.05, 0.1) is 0 Å². The lowest BCUT2D eigenvalue weighted by Gasteiger charge is -2.33. The van der Waals surface area contributed by atoms with Crippen molar-refractivity contribution in [2.45, 2.75) is 52.5 Å². The molecule has 0 aliphatic carbocycles. The van der Waals surface area contributed by atoms with Crippen molar-refractivity contribution in [1.82, 2.24) is 10.2 Å². The van der Waals surface area contributed by atoms with Crippen molar-refractivity contribution in [2.75, 3.05) is 31.6 Å². The van der Waals surface area contributed by atoms with Crippen molar-refractivity contribution >= 4 is 11.7 Å². The third-order valence-electron chi connectivity index (χ3n) is 4.91. The number of carbonyl (C=O) groups is 1. The lowest BCUT2D eigenvalue weighted by Crippen LogP contribution is -2.47. The number of aryl methyl sites for hydroxylation is 1. The van der Waals surface area contributed by atoms with E-state index in [9.17, 15) is 9.90 Å². The summed E-state index contributed by atoms with van der Waals surface area (Å²) < 4.78 is 0. The number of nitrogens with zero attached hydrogens (tertiary/aromatic N) is 1. The summed E-state index contributed by atoms with van der Waals surface area (Å²) in [6, 6.07) is 8.89. The van der Waals surface area contributed by atoms with E-state index in [0.29, 0.717) is 12.6 Å². The lowest BCUT2D eigenvalue weighted by atomic mass is 9.89. The number of likely N-dealkylation sites (tertiary alicyclic amines) is 1. The van der Waals surface area contributed by atoms with E-state index in [1.807, 2.05) is 18.7 Å². The van der Waals surface area contributed by atoms with Crippen molar-refractivity contribution in [3.63, 3.8) is 0 Å². The molecule has 0 bridgehead atoms. The highest BCUT2D eigenvalue weighted by molar-refractivity contribution is 5.74. The van der Waals surface area contributed by atoms with Crippen molar-refractivity contribution in [2.24, 2.45) is 5.41 Å². The molecule has 5 nitrogen and oxygen atoms in total. The summed E-state index contributed by atoms with van der Waals surface area (Å²) >= 11 is 0. The minimum absolute atomic E-state index is 0.0378. The topological polar surface area (TPSA) is 64.6 Å². The van der Waals surface area contributed by atoms with E-state index >= 15 is 0 Å². The Balaban J connectivity index is 1.66. The van der Waals surface area contributed by atoms with Gasteiger partial charge in [-0.25, -0.2) is 4.79 Å². The van der Waals surface area contributed by atoms with Crippen molar-refractivity contribution < 1.29 is 9.90 Å². The largest absolute Gasteiger partial charge is 0.396 e. The Bertz CT molecular complexity index is 552. The molecule has 1 aromatic rings. The van der Waals surface area contributed by atoms with Crippen molar-refractivity contribution in [3.05, 3.63) is 29.8 Å². The van der Waals surface area contributed by atoms with Gasteiger partial charge in [0.25, 0.3) is 0 Å². The molecule has 0 spiro atoms. The Kier molecular flexibility index (Phi) is 7.12. The summed E-state index contributed by atoms with van der Waals surface area (Å²) in [4.78, 5) is 14.2. The van der Waals surface area contributed by atoms with Crippen LogP contribution in [0.15, 0.2) is 24.3 Å². The van der Waals surface area contributed by atoms with Crippen LogP contribution in [0.2, 0.25) is 0 Å². The van der Waals surface area contributed by atoms with Gasteiger partial charge in [-0.3, -0.25) is 0 Å². The monoisotopic (exact) mass is 347 g/mol. The van der Waals surface area contributed by atoms with Gasteiger partial charge in [-0.2, -0.15) is 0 Å². The number of anilines is 1. The molecule has 3 N–H and O–H groups in total. The number of rotatable bonds is 7. The summed E-state index contributed by atoms with van der Waals surface area (Å²) in [6.07, 6.45) is 3.74. The van der Waals surface area contributed by atoms with E-state index < -0.39 is 0 Å². The SMILES string of the molecule is Cc1cccc(NC2CCN(C(=O)NCCCC(C)(C)CO)CC2)c1. The van der Waals surface area contributed by atoms with Gasteiger partial charge < -0.3 is 20.6 Å². The zero-order valence-corrected chi connectivity index (χ0v) is 15.8. The maximum atomic E-state index is 12.2. The highest BCUT2D eigenvalue weighted by Crippen LogP contribution is 2.21. The normalized spacial score (nSPS) is 15.9. The number of hydrogen-bond acceptors (Lipinski definition) is 3. The molecule has 2 amide bonds. The first kappa shape index (κ1) is 19.6. The number of hydrogen-bond donors (Lipinski definition) is 3. The maximum Gasteiger partial charge on any atom is 0.317 e. The molecule has 1 aliphatic heterocycles. The Hall–Kier alpha value is -1.75. The number of aliphatic hydroxyl groups is 1. The van der Waals surface area contributed by atoms with Crippen LogP contribution in [0.4, 0.5) is 10.5 Å². The first-order valence-corrected chi connectivity index (χ1v) is 9.36. The number of nitrogens with one attached hydrogen (secondary N) is 2. The van der Waals surface area contributed by atoms with E-state index in [1.54, 1.807) is 0 Å². The first-order valence-electron chi connectivity index (χ1n) is 9.36. The van der Waals surface area contributed by atoms with Crippen LogP contribution in [0.1, 0.15) is 45.1 Å². The van der Waals surface area contributed by atoms with Crippen molar-refractivity contribution in [1.29, 1.82) is 0 Å². The molecule has 0 aromatic heterocycles. The van der Waals surface area contributed by atoms with Gasteiger partial charge in [-0.1, -0.05) is 26.0 Å². The average molecular weight is 348 g/mol. The van der Waals surface area contributed by atoms with E-state index in [2.05, 4.69) is 41.8 Å². The van der Waals surface area contributed by atoms with Crippen LogP contribution in [0.5, 0.6) is 0 Å². The third kappa shape index (κ3) is 6.58. The van der Waals surface area contributed by atoms with Crippen LogP contribution in [0, 0.1) is 12.3 Å². The van der Waals surface area contributed by atoms with Gasteiger partial charge in [0.1, 0.15) is 0 Å². The highest BCUT2D eigenvalue weighted by atomic mass is 16.3. The molecule has 25 heavy (non-hydrogen) atoms. The fraction of sp³-hybridized carbons (Fsp3) is 0.650. The molecule has 5 heteroatoms. The molecule has 1 fully saturated rings. The van der Waals surface area contributed by atoms with Gasteiger partial charge >= 0.3 is 6.03 Å². The van der Waals surface area contributed by atoms with E-state index in [0.717, 1.165) is 44.5 Å². The molecule has 0 radical (unpaired) electrons. The minimum atomic E-state index is -0.0649. The summed E-state index contributed by atoms with van der Waals surface area (Å²) in [7, 11) is 0.